The summed E-state index contributed by atoms with van der Waals surface area (Å²) in [6.07, 6.45) is 1.76. The van der Waals surface area contributed by atoms with Crippen LogP contribution in [0, 0.1) is 27.7 Å². The van der Waals surface area contributed by atoms with Gasteiger partial charge in [0.25, 0.3) is 0 Å². The van der Waals surface area contributed by atoms with E-state index in [1.165, 1.54) is 33.4 Å². The molecule has 120 valence electrons. The molecule has 0 spiro atoms. The molecule has 0 saturated heterocycles. The number of rotatable bonds is 1. The zero-order chi connectivity index (χ0) is 16.8. The molecule has 0 aliphatic heterocycles. The largest absolute Gasteiger partial charge is 0.411 e. The van der Waals surface area contributed by atoms with Crippen molar-refractivity contribution in [3.8, 4) is 0 Å². The Balaban J connectivity index is 2.25. The third-order valence-corrected chi connectivity index (χ3v) is 5.67. The molecule has 3 rings (SSSR count). The fourth-order valence-corrected chi connectivity index (χ4v) is 3.64. The highest BCUT2D eigenvalue weighted by Crippen LogP contribution is 2.43. The molecule has 0 radical (unpaired) electrons. The molecule has 0 aromatic heterocycles. The van der Waals surface area contributed by atoms with Gasteiger partial charge in [0.2, 0.25) is 0 Å². The van der Waals surface area contributed by atoms with Crippen LogP contribution in [0.4, 0.5) is 0 Å². The van der Waals surface area contributed by atoms with Gasteiger partial charge >= 0.3 is 0 Å². The number of oxime groups is 1. The van der Waals surface area contributed by atoms with Crippen molar-refractivity contribution in [3.63, 3.8) is 0 Å². The topological polar surface area (TPSA) is 32.6 Å². The maximum Gasteiger partial charge on any atom is 0.0871 e. The average molecular weight is 307 g/mol. The quantitative estimate of drug-likeness (QED) is 0.570. The standard InChI is InChI=1S/C21H25NO/c1-13-6-7-17(10-14(13)2)21(5)9-8-20(22-23)18-11-15(3)16(4)12-19(18)21/h6-7,10-12,23H,8-9H2,1-5H3/b22-20+/t21-/m1/s1. The molecule has 0 bridgehead atoms. The van der Waals surface area contributed by atoms with Crippen molar-refractivity contribution in [1.82, 2.24) is 0 Å². The number of fused-ring (bicyclic) bond motifs is 1. The van der Waals surface area contributed by atoms with E-state index < -0.39 is 0 Å². The molecule has 1 N–H and O–H groups in total. The SMILES string of the molecule is Cc1ccc([C@@]2(C)CC/C(=N\O)c3cc(C)c(C)cc32)cc1C. The highest BCUT2D eigenvalue weighted by atomic mass is 16.4. The molecule has 0 amide bonds. The van der Waals surface area contributed by atoms with Crippen molar-refractivity contribution in [2.75, 3.05) is 0 Å². The Hall–Kier alpha value is -2.09. The van der Waals surface area contributed by atoms with Crippen LogP contribution < -0.4 is 0 Å². The van der Waals surface area contributed by atoms with Gasteiger partial charge < -0.3 is 5.21 Å². The molecule has 2 heteroatoms. The van der Waals surface area contributed by atoms with Gasteiger partial charge in [-0.3, -0.25) is 0 Å². The van der Waals surface area contributed by atoms with Crippen molar-refractivity contribution < 1.29 is 5.21 Å². The van der Waals surface area contributed by atoms with Crippen molar-refractivity contribution >= 4 is 5.71 Å². The minimum atomic E-state index is -0.0412. The lowest BCUT2D eigenvalue weighted by Gasteiger charge is -2.37. The second kappa shape index (κ2) is 5.52. The highest BCUT2D eigenvalue weighted by molar-refractivity contribution is 6.03. The summed E-state index contributed by atoms with van der Waals surface area (Å²) in [5.41, 5.74) is 9.69. The molecule has 23 heavy (non-hydrogen) atoms. The first kappa shape index (κ1) is 15.8. The summed E-state index contributed by atoms with van der Waals surface area (Å²) in [7, 11) is 0. The van der Waals surface area contributed by atoms with E-state index in [4.69, 9.17) is 0 Å². The van der Waals surface area contributed by atoms with Crippen LogP contribution >= 0.6 is 0 Å². The maximum atomic E-state index is 9.41. The zero-order valence-electron chi connectivity index (χ0n) is 14.7. The van der Waals surface area contributed by atoms with Gasteiger partial charge in [-0.05, 0) is 80.0 Å². The van der Waals surface area contributed by atoms with Crippen LogP contribution in [-0.4, -0.2) is 10.9 Å². The van der Waals surface area contributed by atoms with Crippen LogP contribution in [0.1, 0.15) is 58.7 Å². The number of benzene rings is 2. The highest BCUT2D eigenvalue weighted by Gasteiger charge is 2.36. The number of hydrogen-bond acceptors (Lipinski definition) is 2. The van der Waals surface area contributed by atoms with Crippen LogP contribution in [0.2, 0.25) is 0 Å². The summed E-state index contributed by atoms with van der Waals surface area (Å²) in [4.78, 5) is 0. The van der Waals surface area contributed by atoms with E-state index >= 15 is 0 Å². The van der Waals surface area contributed by atoms with E-state index in [1.807, 2.05) is 0 Å². The van der Waals surface area contributed by atoms with Gasteiger partial charge in [0.15, 0.2) is 0 Å². The zero-order valence-corrected chi connectivity index (χ0v) is 14.7. The molecular weight excluding hydrogens is 282 g/mol. The Morgan fingerprint density at radius 2 is 1.57 bits per heavy atom. The maximum absolute atomic E-state index is 9.41. The Morgan fingerprint density at radius 3 is 2.22 bits per heavy atom. The first-order chi connectivity index (χ1) is 10.9. The first-order valence-corrected chi connectivity index (χ1v) is 8.27. The second-order valence-electron chi connectivity index (χ2n) is 7.16. The summed E-state index contributed by atoms with van der Waals surface area (Å²) in [6.45, 7) is 10.9. The molecular formula is C21H25NO. The van der Waals surface area contributed by atoms with Crippen LogP contribution in [0.5, 0.6) is 0 Å². The molecule has 1 aliphatic carbocycles. The Kier molecular flexibility index (Phi) is 3.79. The van der Waals surface area contributed by atoms with E-state index in [0.717, 1.165) is 24.1 Å². The van der Waals surface area contributed by atoms with Crippen LogP contribution in [0.3, 0.4) is 0 Å². The minimum Gasteiger partial charge on any atom is -0.411 e. The number of aryl methyl sites for hydroxylation is 4. The fraction of sp³-hybridized carbons (Fsp3) is 0.381. The van der Waals surface area contributed by atoms with E-state index in [1.54, 1.807) is 0 Å². The fourth-order valence-electron chi connectivity index (χ4n) is 3.64. The number of hydrogen-bond donors (Lipinski definition) is 1. The van der Waals surface area contributed by atoms with Crippen molar-refractivity contribution in [1.29, 1.82) is 0 Å². The Bertz CT molecular complexity index is 804. The molecule has 2 nitrogen and oxygen atoms in total. The molecule has 0 fully saturated rings. The average Bonchev–Trinajstić information content (AvgIpc) is 2.52. The van der Waals surface area contributed by atoms with Crippen molar-refractivity contribution in [2.24, 2.45) is 5.16 Å². The van der Waals surface area contributed by atoms with Crippen LogP contribution in [0.15, 0.2) is 35.5 Å². The predicted molar refractivity (Wildman–Crippen MR) is 95.8 cm³/mol. The molecule has 1 atom stereocenters. The van der Waals surface area contributed by atoms with E-state index in [9.17, 15) is 5.21 Å². The van der Waals surface area contributed by atoms with Crippen molar-refractivity contribution in [3.05, 3.63) is 69.3 Å². The molecule has 0 heterocycles. The monoisotopic (exact) mass is 307 g/mol. The third kappa shape index (κ3) is 2.46. The first-order valence-electron chi connectivity index (χ1n) is 8.27. The van der Waals surface area contributed by atoms with E-state index in [2.05, 4.69) is 70.1 Å². The lowest BCUT2D eigenvalue weighted by molar-refractivity contribution is 0.316. The van der Waals surface area contributed by atoms with Gasteiger partial charge in [-0.2, -0.15) is 0 Å². The van der Waals surface area contributed by atoms with Crippen LogP contribution in [0.25, 0.3) is 0 Å². The van der Waals surface area contributed by atoms with Gasteiger partial charge in [-0.25, -0.2) is 0 Å². The normalized spacial score (nSPS) is 22.2. The summed E-state index contributed by atoms with van der Waals surface area (Å²) in [5, 5.41) is 13.0. The Morgan fingerprint density at radius 1 is 0.913 bits per heavy atom. The van der Waals surface area contributed by atoms with E-state index in [-0.39, 0.29) is 5.41 Å². The molecule has 2 aromatic carbocycles. The van der Waals surface area contributed by atoms with Crippen molar-refractivity contribution in [2.45, 2.75) is 52.9 Å². The summed E-state index contributed by atoms with van der Waals surface area (Å²) >= 11 is 0. The van der Waals surface area contributed by atoms with Gasteiger partial charge in [-0.15, -0.1) is 0 Å². The van der Waals surface area contributed by atoms with Gasteiger partial charge in [-0.1, -0.05) is 36.3 Å². The number of nitrogens with zero attached hydrogens (tertiary/aromatic N) is 1. The third-order valence-electron chi connectivity index (χ3n) is 5.67. The van der Waals surface area contributed by atoms with E-state index in [0.29, 0.717) is 0 Å². The van der Waals surface area contributed by atoms with Gasteiger partial charge in [0.1, 0.15) is 0 Å². The molecule has 2 aromatic rings. The van der Waals surface area contributed by atoms with Crippen LogP contribution in [-0.2, 0) is 5.41 Å². The predicted octanol–water partition coefficient (Wildman–Crippen LogP) is 5.20. The molecule has 0 unspecified atom stereocenters. The minimum absolute atomic E-state index is 0.0412. The Labute approximate surface area is 138 Å². The lowest BCUT2D eigenvalue weighted by atomic mass is 9.66. The van der Waals surface area contributed by atoms with Gasteiger partial charge in [0.05, 0.1) is 5.71 Å². The second-order valence-corrected chi connectivity index (χ2v) is 7.16. The summed E-state index contributed by atoms with van der Waals surface area (Å²) in [6, 6.07) is 11.2. The van der Waals surface area contributed by atoms with Gasteiger partial charge in [0, 0.05) is 11.0 Å². The molecule has 0 saturated carbocycles. The summed E-state index contributed by atoms with van der Waals surface area (Å²) < 4.78 is 0. The molecule has 1 aliphatic rings. The smallest absolute Gasteiger partial charge is 0.0871 e. The summed E-state index contributed by atoms with van der Waals surface area (Å²) in [5.74, 6) is 0. The lowest BCUT2D eigenvalue weighted by Crippen LogP contribution is -2.32.